The van der Waals surface area contributed by atoms with E-state index in [1.54, 1.807) is 14.2 Å². The lowest BCUT2D eigenvalue weighted by Crippen LogP contribution is -2.36. The molecule has 0 radical (unpaired) electrons. The lowest BCUT2D eigenvalue weighted by Gasteiger charge is -2.29. The summed E-state index contributed by atoms with van der Waals surface area (Å²) in [5.74, 6) is 1.44. The molecular formula is C21H22N2O4. The number of anilines is 1. The molecule has 0 aromatic heterocycles. The Morgan fingerprint density at radius 2 is 1.81 bits per heavy atom. The zero-order valence-electron chi connectivity index (χ0n) is 15.5. The number of morpholine rings is 1. The molecule has 1 saturated heterocycles. The van der Waals surface area contributed by atoms with Gasteiger partial charge in [-0.15, -0.1) is 0 Å². The van der Waals surface area contributed by atoms with Gasteiger partial charge in [-0.05, 0) is 36.4 Å². The van der Waals surface area contributed by atoms with Crippen LogP contribution in [0, 0.1) is 0 Å². The fourth-order valence-electron chi connectivity index (χ4n) is 3.49. The Balaban J connectivity index is 1.71. The topological polar surface area (TPSA) is 60.4 Å². The Bertz CT molecular complexity index is 901. The van der Waals surface area contributed by atoms with Crippen molar-refractivity contribution in [3.63, 3.8) is 0 Å². The molecule has 0 amide bonds. The van der Waals surface area contributed by atoms with Crippen LogP contribution in [0.2, 0.25) is 0 Å². The van der Waals surface area contributed by atoms with Crippen molar-refractivity contribution in [2.24, 2.45) is 4.99 Å². The van der Waals surface area contributed by atoms with Gasteiger partial charge >= 0.3 is 0 Å². The van der Waals surface area contributed by atoms with E-state index in [1.807, 2.05) is 36.4 Å². The van der Waals surface area contributed by atoms with Crippen molar-refractivity contribution in [2.75, 3.05) is 45.4 Å². The number of Topliss-reactive ketones (excluding diaryl/α,β-unsaturated/α-hetero) is 1. The number of methoxy groups -OCH3 is 2. The first kappa shape index (κ1) is 17.5. The number of hydrogen-bond donors (Lipinski definition) is 0. The number of benzene rings is 2. The Morgan fingerprint density at radius 1 is 1.00 bits per heavy atom. The van der Waals surface area contributed by atoms with E-state index in [1.165, 1.54) is 0 Å². The van der Waals surface area contributed by atoms with Crippen LogP contribution in [-0.4, -0.2) is 52.0 Å². The Morgan fingerprint density at radius 3 is 2.56 bits per heavy atom. The highest BCUT2D eigenvalue weighted by Gasteiger charge is 2.24. The number of hydrogen-bond acceptors (Lipinski definition) is 6. The van der Waals surface area contributed by atoms with Crippen LogP contribution in [0.25, 0.3) is 0 Å². The van der Waals surface area contributed by atoms with Crippen LogP contribution in [0.3, 0.4) is 0 Å². The molecule has 6 heteroatoms. The molecule has 4 rings (SSSR count). The van der Waals surface area contributed by atoms with Crippen molar-refractivity contribution >= 4 is 22.9 Å². The Hall–Kier alpha value is -2.86. The van der Waals surface area contributed by atoms with Gasteiger partial charge in [0, 0.05) is 29.9 Å². The number of carbonyl (C=O) groups excluding carboxylic acids is 1. The number of ether oxygens (including phenoxy) is 3. The average Bonchev–Trinajstić information content (AvgIpc) is 2.73. The monoisotopic (exact) mass is 366 g/mol. The SMILES string of the molecule is COc1ccc(OC)c(C2=Nc3ccc(N4CCOCC4)cc3C(=O)C2)c1. The molecule has 6 nitrogen and oxygen atoms in total. The lowest BCUT2D eigenvalue weighted by atomic mass is 9.95. The lowest BCUT2D eigenvalue weighted by molar-refractivity contribution is 0.1000. The van der Waals surface area contributed by atoms with Crippen molar-refractivity contribution in [2.45, 2.75) is 6.42 Å². The van der Waals surface area contributed by atoms with Gasteiger partial charge in [0.1, 0.15) is 11.5 Å². The van der Waals surface area contributed by atoms with Gasteiger partial charge in [0.15, 0.2) is 5.78 Å². The summed E-state index contributed by atoms with van der Waals surface area (Å²) in [5.41, 5.74) is 3.89. The largest absolute Gasteiger partial charge is 0.497 e. The van der Waals surface area contributed by atoms with E-state index >= 15 is 0 Å². The van der Waals surface area contributed by atoms with Gasteiger partial charge in [-0.25, -0.2) is 0 Å². The van der Waals surface area contributed by atoms with Gasteiger partial charge in [0.2, 0.25) is 0 Å². The molecule has 0 aliphatic carbocycles. The molecule has 0 spiro atoms. The third kappa shape index (κ3) is 3.40. The molecular weight excluding hydrogens is 344 g/mol. The number of rotatable bonds is 4. The minimum atomic E-state index is 0.0648. The Kier molecular flexibility index (Phi) is 4.81. The maximum absolute atomic E-state index is 12.9. The van der Waals surface area contributed by atoms with Crippen LogP contribution in [-0.2, 0) is 4.74 Å². The van der Waals surface area contributed by atoms with E-state index < -0.39 is 0 Å². The van der Waals surface area contributed by atoms with Gasteiger partial charge in [-0.2, -0.15) is 0 Å². The van der Waals surface area contributed by atoms with Gasteiger partial charge < -0.3 is 19.1 Å². The molecule has 140 valence electrons. The summed E-state index contributed by atoms with van der Waals surface area (Å²) in [5, 5.41) is 0. The number of nitrogens with zero attached hydrogens (tertiary/aromatic N) is 2. The maximum Gasteiger partial charge on any atom is 0.171 e. The fraction of sp³-hybridized carbons (Fsp3) is 0.333. The van der Waals surface area contributed by atoms with E-state index in [4.69, 9.17) is 19.2 Å². The minimum Gasteiger partial charge on any atom is -0.497 e. The van der Waals surface area contributed by atoms with Crippen LogP contribution in [0.4, 0.5) is 11.4 Å². The molecule has 0 saturated carbocycles. The number of carbonyl (C=O) groups is 1. The van der Waals surface area contributed by atoms with Crippen LogP contribution < -0.4 is 14.4 Å². The molecule has 2 heterocycles. The summed E-state index contributed by atoms with van der Waals surface area (Å²) >= 11 is 0. The van der Waals surface area contributed by atoms with Crippen molar-refractivity contribution in [3.8, 4) is 11.5 Å². The zero-order valence-corrected chi connectivity index (χ0v) is 15.5. The summed E-state index contributed by atoms with van der Waals surface area (Å²) < 4.78 is 16.2. The van der Waals surface area contributed by atoms with Crippen molar-refractivity contribution in [1.82, 2.24) is 0 Å². The number of ketones is 1. The highest BCUT2D eigenvalue weighted by Crippen LogP contribution is 2.34. The summed E-state index contributed by atoms with van der Waals surface area (Å²) in [7, 11) is 3.22. The quantitative estimate of drug-likeness (QED) is 0.831. The summed E-state index contributed by atoms with van der Waals surface area (Å²) in [6, 6.07) is 11.4. The smallest absolute Gasteiger partial charge is 0.171 e. The van der Waals surface area contributed by atoms with Crippen LogP contribution in [0.15, 0.2) is 41.4 Å². The van der Waals surface area contributed by atoms with E-state index in [0.29, 0.717) is 41.7 Å². The molecule has 0 unspecified atom stereocenters. The molecule has 27 heavy (non-hydrogen) atoms. The second-order valence-electron chi connectivity index (χ2n) is 6.53. The zero-order chi connectivity index (χ0) is 18.8. The van der Waals surface area contributed by atoms with E-state index in [2.05, 4.69) is 4.90 Å². The average molecular weight is 366 g/mol. The predicted octanol–water partition coefficient (Wildman–Crippen LogP) is 3.25. The van der Waals surface area contributed by atoms with Crippen molar-refractivity contribution in [1.29, 1.82) is 0 Å². The van der Waals surface area contributed by atoms with Crippen LogP contribution in [0.5, 0.6) is 11.5 Å². The molecule has 0 bridgehead atoms. The Labute approximate surface area is 158 Å². The highest BCUT2D eigenvalue weighted by atomic mass is 16.5. The third-order valence-corrected chi connectivity index (χ3v) is 4.96. The van der Waals surface area contributed by atoms with Crippen LogP contribution >= 0.6 is 0 Å². The normalized spacial score (nSPS) is 16.6. The van der Waals surface area contributed by atoms with Crippen molar-refractivity contribution < 1.29 is 19.0 Å². The molecule has 2 aliphatic heterocycles. The van der Waals surface area contributed by atoms with Crippen molar-refractivity contribution in [3.05, 3.63) is 47.5 Å². The first-order chi connectivity index (χ1) is 13.2. The van der Waals surface area contributed by atoms with Crippen LogP contribution in [0.1, 0.15) is 22.3 Å². The molecule has 2 aromatic carbocycles. The van der Waals surface area contributed by atoms with Gasteiger partial charge in [0.05, 0.1) is 45.3 Å². The van der Waals surface area contributed by atoms with E-state index in [0.717, 1.165) is 24.3 Å². The minimum absolute atomic E-state index is 0.0648. The highest BCUT2D eigenvalue weighted by molar-refractivity contribution is 6.22. The molecule has 2 aliphatic rings. The fourth-order valence-corrected chi connectivity index (χ4v) is 3.49. The van der Waals surface area contributed by atoms with Gasteiger partial charge in [-0.3, -0.25) is 9.79 Å². The van der Waals surface area contributed by atoms with Gasteiger partial charge in [0.25, 0.3) is 0 Å². The molecule has 0 atom stereocenters. The maximum atomic E-state index is 12.9. The second kappa shape index (κ2) is 7.40. The first-order valence-electron chi connectivity index (χ1n) is 8.99. The first-order valence-corrected chi connectivity index (χ1v) is 8.99. The van der Waals surface area contributed by atoms with Gasteiger partial charge in [-0.1, -0.05) is 0 Å². The summed E-state index contributed by atoms with van der Waals surface area (Å²) in [6.07, 6.45) is 0.239. The molecule has 2 aromatic rings. The molecule has 1 fully saturated rings. The summed E-state index contributed by atoms with van der Waals surface area (Å²) in [4.78, 5) is 19.9. The van der Waals surface area contributed by atoms with E-state index in [-0.39, 0.29) is 12.2 Å². The van der Waals surface area contributed by atoms with E-state index in [9.17, 15) is 4.79 Å². The second-order valence-corrected chi connectivity index (χ2v) is 6.53. The third-order valence-electron chi connectivity index (χ3n) is 4.96. The number of fused-ring (bicyclic) bond motifs is 1. The number of aliphatic imine (C=N–C) groups is 1. The molecule has 0 N–H and O–H groups in total. The standard InChI is InChI=1S/C21H22N2O4/c1-25-15-4-6-21(26-2)17(12-15)19-13-20(24)16-11-14(3-5-18(16)22-19)23-7-9-27-10-8-23/h3-6,11-12H,7-10,13H2,1-2H3. The summed E-state index contributed by atoms with van der Waals surface area (Å²) in [6.45, 7) is 3.09. The predicted molar refractivity (Wildman–Crippen MR) is 104 cm³/mol.